The van der Waals surface area contributed by atoms with E-state index >= 15 is 0 Å². The van der Waals surface area contributed by atoms with Gasteiger partial charge in [-0.2, -0.15) is 20.6 Å². The molecular formula is C23H19N5O. The minimum absolute atomic E-state index is 0.0497. The zero-order valence-corrected chi connectivity index (χ0v) is 16.0. The third-order valence-electron chi connectivity index (χ3n) is 6.45. The van der Waals surface area contributed by atoms with Gasteiger partial charge in [0.25, 0.3) is 0 Å². The van der Waals surface area contributed by atoms with Crippen LogP contribution in [0.3, 0.4) is 0 Å². The molecule has 0 amide bonds. The number of rotatable bonds is 2. The van der Waals surface area contributed by atoms with Crippen LogP contribution in [0.5, 0.6) is 0 Å². The lowest BCUT2D eigenvalue weighted by Crippen LogP contribution is -2.48. The highest BCUT2D eigenvalue weighted by Crippen LogP contribution is 2.54. The molecule has 1 N–H and O–H groups in total. The molecule has 2 heterocycles. The first kappa shape index (κ1) is 17.5. The second kappa shape index (κ2) is 6.49. The molecule has 3 atom stereocenters. The first-order chi connectivity index (χ1) is 14.2. The number of aromatic nitrogens is 4. The van der Waals surface area contributed by atoms with Crippen molar-refractivity contribution in [2.75, 3.05) is 0 Å². The highest BCUT2D eigenvalue weighted by atomic mass is 16.1. The third-order valence-corrected chi connectivity index (χ3v) is 6.45. The molecule has 1 aromatic carbocycles. The number of hydrogen-bond acceptors (Lipinski definition) is 5. The first-order valence-corrected chi connectivity index (χ1v) is 9.74. The summed E-state index contributed by atoms with van der Waals surface area (Å²) < 4.78 is 0. The van der Waals surface area contributed by atoms with E-state index in [-0.39, 0.29) is 23.2 Å². The summed E-state index contributed by atoms with van der Waals surface area (Å²) in [6.45, 7) is 1.94. The molecule has 2 aromatic heterocycles. The van der Waals surface area contributed by atoms with Crippen LogP contribution in [0.15, 0.2) is 60.4 Å². The van der Waals surface area contributed by atoms with E-state index in [1.54, 1.807) is 12.4 Å². The Balaban J connectivity index is 1.82. The maximum atomic E-state index is 12.8. The van der Waals surface area contributed by atoms with E-state index in [1.165, 1.54) is 0 Å². The van der Waals surface area contributed by atoms with Crippen molar-refractivity contribution in [3.05, 3.63) is 77.3 Å². The summed E-state index contributed by atoms with van der Waals surface area (Å²) in [7, 11) is 0. The normalized spacial score (nSPS) is 25.5. The smallest absolute Gasteiger partial charge is 0.176 e. The van der Waals surface area contributed by atoms with Crippen molar-refractivity contribution in [1.29, 1.82) is 5.26 Å². The number of H-pyrrole nitrogens is 1. The van der Waals surface area contributed by atoms with Crippen LogP contribution in [-0.2, 0) is 16.6 Å². The number of allylic oxidation sites excluding steroid dienone is 2. The highest BCUT2D eigenvalue weighted by Gasteiger charge is 2.53. The number of ketones is 1. The topological polar surface area (TPSA) is 95.3 Å². The summed E-state index contributed by atoms with van der Waals surface area (Å²) in [4.78, 5) is 12.8. The number of fused-ring (bicyclic) bond motifs is 3. The molecular weight excluding hydrogens is 362 g/mol. The lowest BCUT2D eigenvalue weighted by molar-refractivity contribution is -0.121. The van der Waals surface area contributed by atoms with Gasteiger partial charge in [0.2, 0.25) is 0 Å². The molecule has 0 radical (unpaired) electrons. The Bertz CT molecular complexity index is 1160. The SMILES string of the molecule is C[C@@H]1C(=O)C(C#N)=C[C@]2(c3ccccc3)c3n[nH]c(-c4ccnnc4)c3CC[C@@H]12. The van der Waals surface area contributed by atoms with Crippen molar-refractivity contribution < 1.29 is 4.79 Å². The minimum atomic E-state index is -0.609. The molecule has 5 rings (SSSR count). The predicted octanol–water partition coefficient (Wildman–Crippen LogP) is 3.38. The van der Waals surface area contributed by atoms with E-state index in [1.807, 2.05) is 37.3 Å². The number of nitrogens with zero attached hydrogens (tertiary/aromatic N) is 4. The van der Waals surface area contributed by atoms with Crippen LogP contribution in [0.4, 0.5) is 0 Å². The van der Waals surface area contributed by atoms with E-state index in [0.717, 1.165) is 40.9 Å². The zero-order valence-electron chi connectivity index (χ0n) is 16.0. The molecule has 0 saturated heterocycles. The van der Waals surface area contributed by atoms with Gasteiger partial charge in [0.1, 0.15) is 6.07 Å². The van der Waals surface area contributed by atoms with Crippen LogP contribution in [0, 0.1) is 23.2 Å². The lowest BCUT2D eigenvalue weighted by atomic mass is 9.54. The molecule has 142 valence electrons. The van der Waals surface area contributed by atoms with Gasteiger partial charge < -0.3 is 0 Å². The minimum Gasteiger partial charge on any atom is -0.293 e. The van der Waals surface area contributed by atoms with Crippen molar-refractivity contribution in [2.24, 2.45) is 11.8 Å². The van der Waals surface area contributed by atoms with E-state index in [9.17, 15) is 10.1 Å². The summed E-state index contributed by atoms with van der Waals surface area (Å²) in [5, 5.41) is 25.5. The van der Waals surface area contributed by atoms with E-state index in [0.29, 0.717) is 0 Å². The fraction of sp³-hybridized carbons (Fsp3) is 0.261. The summed E-state index contributed by atoms with van der Waals surface area (Å²) in [6, 6.07) is 14.2. The van der Waals surface area contributed by atoms with Crippen LogP contribution in [0.2, 0.25) is 0 Å². The second-order valence-corrected chi connectivity index (χ2v) is 7.76. The molecule has 2 aliphatic carbocycles. The molecule has 29 heavy (non-hydrogen) atoms. The number of Topliss-reactive ketones (excluding diaryl/α,β-unsaturated/α-hetero) is 1. The molecule has 6 nitrogen and oxygen atoms in total. The van der Waals surface area contributed by atoms with Crippen LogP contribution in [0.1, 0.15) is 30.2 Å². The first-order valence-electron chi connectivity index (χ1n) is 9.74. The van der Waals surface area contributed by atoms with E-state index in [4.69, 9.17) is 5.10 Å². The van der Waals surface area contributed by atoms with Gasteiger partial charge in [0.05, 0.1) is 34.8 Å². The predicted molar refractivity (Wildman–Crippen MR) is 107 cm³/mol. The van der Waals surface area contributed by atoms with Crippen LogP contribution >= 0.6 is 0 Å². The van der Waals surface area contributed by atoms with E-state index in [2.05, 4.69) is 33.5 Å². The van der Waals surface area contributed by atoms with Gasteiger partial charge in [0, 0.05) is 17.0 Å². The Morgan fingerprint density at radius 3 is 2.76 bits per heavy atom. The third kappa shape index (κ3) is 2.40. The monoisotopic (exact) mass is 381 g/mol. The molecule has 0 aliphatic heterocycles. The van der Waals surface area contributed by atoms with Crippen LogP contribution in [-0.4, -0.2) is 26.2 Å². The molecule has 6 heteroatoms. The number of carbonyl (C=O) groups is 1. The van der Waals surface area contributed by atoms with Crippen molar-refractivity contribution >= 4 is 5.78 Å². The Morgan fingerprint density at radius 2 is 2.03 bits per heavy atom. The molecule has 2 aliphatic rings. The molecule has 0 saturated carbocycles. The summed E-state index contributed by atoms with van der Waals surface area (Å²) in [5.74, 6) is -0.263. The zero-order chi connectivity index (χ0) is 20.0. The highest BCUT2D eigenvalue weighted by molar-refractivity contribution is 6.02. The molecule has 0 unspecified atom stereocenters. The van der Waals surface area contributed by atoms with Gasteiger partial charge in [-0.25, -0.2) is 0 Å². The largest absolute Gasteiger partial charge is 0.293 e. The standard InChI is InChI=1S/C23H19N5O/c1-14-19-8-7-18-20(15-9-10-25-26-13-15)27-28-22(18)23(19,11-16(12-24)21(14)29)17-5-3-2-4-6-17/h2-6,9-11,13-14,19H,7-8H2,1H3,(H,27,28)/t14-,19-,23+/m0/s1. The second-order valence-electron chi connectivity index (χ2n) is 7.76. The van der Waals surface area contributed by atoms with Gasteiger partial charge in [-0.05, 0) is 36.5 Å². The van der Waals surface area contributed by atoms with Crippen LogP contribution in [0.25, 0.3) is 11.3 Å². The number of carbonyl (C=O) groups excluding carboxylic acids is 1. The average Bonchev–Trinajstić information content (AvgIpc) is 3.22. The Hall–Kier alpha value is -3.59. The van der Waals surface area contributed by atoms with E-state index < -0.39 is 5.41 Å². The quantitative estimate of drug-likeness (QED) is 0.734. The molecule has 0 fully saturated rings. The van der Waals surface area contributed by atoms with Gasteiger partial charge >= 0.3 is 0 Å². The number of benzene rings is 1. The van der Waals surface area contributed by atoms with Gasteiger partial charge in [-0.15, -0.1) is 0 Å². The fourth-order valence-corrected chi connectivity index (χ4v) is 5.11. The summed E-state index contributed by atoms with van der Waals surface area (Å²) in [5.41, 5.74) is 4.55. The summed E-state index contributed by atoms with van der Waals surface area (Å²) >= 11 is 0. The van der Waals surface area contributed by atoms with Crippen LogP contribution < -0.4 is 0 Å². The van der Waals surface area contributed by atoms with Gasteiger partial charge in [-0.3, -0.25) is 9.89 Å². The van der Waals surface area contributed by atoms with Crippen molar-refractivity contribution in [1.82, 2.24) is 20.4 Å². The van der Waals surface area contributed by atoms with Gasteiger partial charge in [-0.1, -0.05) is 37.3 Å². The molecule has 3 aromatic rings. The Morgan fingerprint density at radius 1 is 1.21 bits per heavy atom. The molecule has 0 bridgehead atoms. The number of nitrogens with one attached hydrogen (secondary N) is 1. The lowest BCUT2D eigenvalue weighted by Gasteiger charge is -2.46. The average molecular weight is 381 g/mol. The van der Waals surface area contributed by atoms with Crippen molar-refractivity contribution in [2.45, 2.75) is 25.2 Å². The van der Waals surface area contributed by atoms with Crippen molar-refractivity contribution in [3.8, 4) is 17.3 Å². The number of nitriles is 1. The Kier molecular flexibility index (Phi) is 3.92. The molecule has 0 spiro atoms. The number of aromatic amines is 1. The summed E-state index contributed by atoms with van der Waals surface area (Å²) in [6.07, 6.45) is 6.91. The fourth-order valence-electron chi connectivity index (χ4n) is 5.11. The van der Waals surface area contributed by atoms with Crippen molar-refractivity contribution in [3.63, 3.8) is 0 Å². The maximum absolute atomic E-state index is 12.8. The number of hydrogen-bond donors (Lipinski definition) is 1. The maximum Gasteiger partial charge on any atom is 0.176 e. The van der Waals surface area contributed by atoms with Gasteiger partial charge in [0.15, 0.2) is 5.78 Å². The Labute approximate surface area is 168 Å².